The van der Waals surface area contributed by atoms with Gasteiger partial charge in [0.25, 0.3) is 0 Å². The Morgan fingerprint density at radius 1 is 1.58 bits per heavy atom. The van der Waals surface area contributed by atoms with Crippen LogP contribution in [0.3, 0.4) is 0 Å². The van der Waals surface area contributed by atoms with E-state index in [0.717, 1.165) is 12.1 Å². The maximum atomic E-state index is 6.50. The molecule has 19 heavy (non-hydrogen) atoms. The summed E-state index contributed by atoms with van der Waals surface area (Å²) < 4.78 is 1.96. The predicted octanol–water partition coefficient (Wildman–Crippen LogP) is 2.78. The lowest BCUT2D eigenvalue weighted by atomic mass is 9.81. The second kappa shape index (κ2) is 5.10. The molecule has 0 aromatic carbocycles. The van der Waals surface area contributed by atoms with Crippen molar-refractivity contribution >= 4 is 11.3 Å². The van der Waals surface area contributed by atoms with Crippen molar-refractivity contribution in [1.29, 1.82) is 0 Å². The van der Waals surface area contributed by atoms with Crippen LogP contribution in [0.2, 0.25) is 0 Å². The molecule has 0 aliphatic heterocycles. The first-order valence-electron chi connectivity index (χ1n) is 6.96. The Labute approximate surface area is 118 Å². The van der Waals surface area contributed by atoms with Crippen LogP contribution in [0.15, 0.2) is 17.5 Å². The molecule has 2 unspecified atom stereocenters. The summed E-state index contributed by atoms with van der Waals surface area (Å²) in [6.45, 7) is 2.03. The SMILES string of the molecule is Cc1cc(CC(N)C2CCCc3sccc32)n(C)n1. The molecule has 102 valence electrons. The van der Waals surface area contributed by atoms with E-state index in [4.69, 9.17) is 5.73 Å². The Morgan fingerprint density at radius 2 is 2.42 bits per heavy atom. The van der Waals surface area contributed by atoms with E-state index in [1.54, 1.807) is 4.88 Å². The van der Waals surface area contributed by atoms with Crippen molar-refractivity contribution in [3.63, 3.8) is 0 Å². The summed E-state index contributed by atoms with van der Waals surface area (Å²) in [6.07, 6.45) is 4.65. The van der Waals surface area contributed by atoms with Gasteiger partial charge in [0, 0.05) is 36.0 Å². The fraction of sp³-hybridized carbons (Fsp3) is 0.533. The number of nitrogens with zero attached hydrogens (tertiary/aromatic N) is 2. The summed E-state index contributed by atoms with van der Waals surface area (Å²) in [5.41, 5.74) is 10.3. The Kier molecular flexibility index (Phi) is 3.46. The third kappa shape index (κ3) is 2.47. The normalized spacial score (nSPS) is 20.3. The molecule has 0 bridgehead atoms. The van der Waals surface area contributed by atoms with Crippen LogP contribution in [0.1, 0.15) is 40.6 Å². The molecule has 2 N–H and O–H groups in total. The number of hydrogen-bond acceptors (Lipinski definition) is 3. The van der Waals surface area contributed by atoms with Crippen molar-refractivity contribution in [2.24, 2.45) is 12.8 Å². The van der Waals surface area contributed by atoms with Gasteiger partial charge >= 0.3 is 0 Å². The fourth-order valence-corrected chi connectivity index (χ4v) is 4.20. The van der Waals surface area contributed by atoms with E-state index in [2.05, 4.69) is 22.6 Å². The second-order valence-electron chi connectivity index (χ2n) is 5.57. The van der Waals surface area contributed by atoms with Crippen molar-refractivity contribution in [1.82, 2.24) is 9.78 Å². The lowest BCUT2D eigenvalue weighted by molar-refractivity contribution is 0.455. The Balaban J connectivity index is 1.79. The van der Waals surface area contributed by atoms with E-state index >= 15 is 0 Å². The molecule has 0 radical (unpaired) electrons. The maximum Gasteiger partial charge on any atom is 0.0596 e. The number of fused-ring (bicyclic) bond motifs is 1. The van der Waals surface area contributed by atoms with Crippen molar-refractivity contribution in [3.8, 4) is 0 Å². The van der Waals surface area contributed by atoms with Crippen LogP contribution in [-0.4, -0.2) is 15.8 Å². The zero-order valence-corrected chi connectivity index (χ0v) is 12.4. The van der Waals surface area contributed by atoms with E-state index in [1.165, 1.54) is 30.5 Å². The van der Waals surface area contributed by atoms with Gasteiger partial charge in [0.15, 0.2) is 0 Å². The molecule has 4 heteroatoms. The van der Waals surface area contributed by atoms with Gasteiger partial charge in [-0.3, -0.25) is 4.68 Å². The quantitative estimate of drug-likeness (QED) is 0.936. The summed E-state index contributed by atoms with van der Waals surface area (Å²) in [5, 5.41) is 6.62. The van der Waals surface area contributed by atoms with Crippen LogP contribution in [0.5, 0.6) is 0 Å². The number of nitrogens with two attached hydrogens (primary N) is 1. The second-order valence-corrected chi connectivity index (χ2v) is 6.57. The number of thiophene rings is 1. The third-order valence-corrected chi connectivity index (χ3v) is 5.16. The topological polar surface area (TPSA) is 43.8 Å². The third-order valence-electron chi connectivity index (χ3n) is 4.16. The molecule has 0 amide bonds. The molecule has 2 aromatic rings. The van der Waals surface area contributed by atoms with Gasteiger partial charge in [0.05, 0.1) is 5.69 Å². The van der Waals surface area contributed by atoms with Crippen LogP contribution in [-0.2, 0) is 19.9 Å². The molecule has 3 rings (SSSR count). The van der Waals surface area contributed by atoms with Gasteiger partial charge in [-0.2, -0.15) is 5.10 Å². The molecule has 0 spiro atoms. The van der Waals surface area contributed by atoms with E-state index in [9.17, 15) is 0 Å². The Bertz CT molecular complexity index is 570. The average molecular weight is 275 g/mol. The first-order valence-corrected chi connectivity index (χ1v) is 7.84. The lowest BCUT2D eigenvalue weighted by Gasteiger charge is -2.28. The Morgan fingerprint density at radius 3 is 3.16 bits per heavy atom. The largest absolute Gasteiger partial charge is 0.327 e. The standard InChI is InChI=1S/C15H21N3S/c1-10-8-11(18(2)17-10)9-14(16)12-4-3-5-15-13(12)6-7-19-15/h6-8,12,14H,3-5,9,16H2,1-2H3. The summed E-state index contributed by atoms with van der Waals surface area (Å²) >= 11 is 1.89. The first-order chi connectivity index (χ1) is 9.15. The average Bonchev–Trinajstić information content (AvgIpc) is 2.95. The summed E-state index contributed by atoms with van der Waals surface area (Å²) in [7, 11) is 2.01. The highest BCUT2D eigenvalue weighted by Gasteiger charge is 2.27. The number of rotatable bonds is 3. The van der Waals surface area contributed by atoms with Crippen LogP contribution in [0.25, 0.3) is 0 Å². The zero-order chi connectivity index (χ0) is 13.4. The summed E-state index contributed by atoms with van der Waals surface area (Å²) in [5.74, 6) is 0.519. The van der Waals surface area contributed by atoms with Gasteiger partial charge in [-0.25, -0.2) is 0 Å². The highest BCUT2D eigenvalue weighted by molar-refractivity contribution is 7.10. The molecule has 1 aliphatic carbocycles. The van der Waals surface area contributed by atoms with Gasteiger partial charge < -0.3 is 5.73 Å². The van der Waals surface area contributed by atoms with Crippen molar-refractivity contribution < 1.29 is 0 Å². The Hall–Kier alpha value is -1.13. The monoisotopic (exact) mass is 275 g/mol. The molecule has 1 aliphatic rings. The van der Waals surface area contributed by atoms with Crippen molar-refractivity contribution in [3.05, 3.63) is 39.3 Å². The minimum atomic E-state index is 0.198. The maximum absolute atomic E-state index is 6.50. The predicted molar refractivity (Wildman–Crippen MR) is 79.6 cm³/mol. The molecular weight excluding hydrogens is 254 g/mol. The smallest absolute Gasteiger partial charge is 0.0596 e. The van der Waals surface area contributed by atoms with Crippen LogP contribution >= 0.6 is 11.3 Å². The number of aryl methyl sites for hydroxylation is 3. The van der Waals surface area contributed by atoms with Gasteiger partial charge in [-0.05, 0) is 49.3 Å². The molecule has 0 saturated heterocycles. The minimum Gasteiger partial charge on any atom is -0.327 e. The molecule has 3 nitrogen and oxygen atoms in total. The number of hydrogen-bond donors (Lipinski definition) is 1. The molecule has 2 aromatic heterocycles. The molecule has 0 fully saturated rings. The highest BCUT2D eigenvalue weighted by Crippen LogP contribution is 2.37. The van der Waals surface area contributed by atoms with Crippen LogP contribution < -0.4 is 5.73 Å². The van der Waals surface area contributed by atoms with Gasteiger partial charge in [-0.15, -0.1) is 11.3 Å². The summed E-state index contributed by atoms with van der Waals surface area (Å²) in [6, 6.07) is 4.62. The van der Waals surface area contributed by atoms with Crippen LogP contribution in [0, 0.1) is 6.92 Å². The van der Waals surface area contributed by atoms with E-state index < -0.39 is 0 Å². The van der Waals surface area contributed by atoms with Crippen molar-refractivity contribution in [2.75, 3.05) is 0 Å². The molecule has 2 atom stereocenters. The lowest BCUT2D eigenvalue weighted by Crippen LogP contribution is -2.33. The van der Waals surface area contributed by atoms with E-state index in [-0.39, 0.29) is 6.04 Å². The first kappa shape index (κ1) is 12.9. The van der Waals surface area contributed by atoms with Gasteiger partial charge in [-0.1, -0.05) is 0 Å². The van der Waals surface area contributed by atoms with Gasteiger partial charge in [0.1, 0.15) is 0 Å². The molecular formula is C15H21N3S. The number of aromatic nitrogens is 2. The van der Waals surface area contributed by atoms with Gasteiger partial charge in [0.2, 0.25) is 0 Å². The zero-order valence-electron chi connectivity index (χ0n) is 11.6. The van der Waals surface area contributed by atoms with E-state index in [0.29, 0.717) is 5.92 Å². The van der Waals surface area contributed by atoms with Crippen molar-refractivity contribution in [2.45, 2.75) is 44.6 Å². The molecule has 2 heterocycles. The minimum absolute atomic E-state index is 0.198. The van der Waals surface area contributed by atoms with E-state index in [1.807, 2.05) is 30.0 Å². The summed E-state index contributed by atoms with van der Waals surface area (Å²) in [4.78, 5) is 1.55. The highest BCUT2D eigenvalue weighted by atomic mass is 32.1. The molecule has 0 saturated carbocycles. The van der Waals surface area contributed by atoms with Crippen LogP contribution in [0.4, 0.5) is 0 Å². The fourth-order valence-electron chi connectivity index (χ4n) is 3.21.